The van der Waals surface area contributed by atoms with Gasteiger partial charge in [-0.3, -0.25) is 0 Å². The topological polar surface area (TPSA) is 92.7 Å². The van der Waals surface area contributed by atoms with Crippen molar-refractivity contribution in [1.29, 1.82) is 0 Å². The Bertz CT molecular complexity index is 562. The highest BCUT2D eigenvalue weighted by Gasteiger charge is 2.21. The zero-order valence-electron chi connectivity index (χ0n) is 11.7. The van der Waals surface area contributed by atoms with E-state index in [1.54, 1.807) is 6.92 Å². The predicted molar refractivity (Wildman–Crippen MR) is 76.9 cm³/mol. The maximum atomic E-state index is 12.0. The Kier molecular flexibility index (Phi) is 6.12. The van der Waals surface area contributed by atoms with E-state index in [1.807, 2.05) is 13.8 Å². The van der Waals surface area contributed by atoms with Gasteiger partial charge in [-0.1, -0.05) is 13.8 Å². The van der Waals surface area contributed by atoms with Gasteiger partial charge in [-0.25, -0.2) is 17.9 Å². The summed E-state index contributed by atoms with van der Waals surface area (Å²) < 4.78 is 31.8. The fourth-order valence-electron chi connectivity index (χ4n) is 1.48. The van der Waals surface area contributed by atoms with Crippen molar-refractivity contribution in [3.8, 4) is 0 Å². The van der Waals surface area contributed by atoms with Gasteiger partial charge in [-0.05, 0) is 18.9 Å². The molecule has 8 heteroatoms. The van der Waals surface area contributed by atoms with E-state index in [0.717, 1.165) is 11.3 Å². The number of sulfonamides is 1. The molecular weight excluding hydrogens is 302 g/mol. The summed E-state index contributed by atoms with van der Waals surface area (Å²) in [5.41, 5.74) is 0. The van der Waals surface area contributed by atoms with Crippen molar-refractivity contribution in [2.45, 2.75) is 25.7 Å². The fraction of sp³-hybridized carbons (Fsp3) is 0.583. The van der Waals surface area contributed by atoms with Gasteiger partial charge >= 0.3 is 5.97 Å². The van der Waals surface area contributed by atoms with E-state index in [9.17, 15) is 13.2 Å². The first kappa shape index (κ1) is 17.1. The van der Waals surface area contributed by atoms with E-state index in [1.165, 1.54) is 6.07 Å². The van der Waals surface area contributed by atoms with E-state index >= 15 is 0 Å². The molecule has 6 nitrogen and oxygen atoms in total. The van der Waals surface area contributed by atoms with Gasteiger partial charge in [0.05, 0.1) is 11.5 Å². The molecule has 0 atom stereocenters. The monoisotopic (exact) mass is 321 g/mol. The van der Waals surface area contributed by atoms with E-state index in [0.29, 0.717) is 17.4 Å². The molecule has 0 saturated carbocycles. The van der Waals surface area contributed by atoms with Crippen molar-refractivity contribution >= 4 is 27.3 Å². The first-order chi connectivity index (χ1) is 9.24. The first-order valence-corrected chi connectivity index (χ1v) is 8.45. The molecule has 1 aromatic heterocycles. The maximum Gasteiger partial charge on any atom is 0.345 e. The average molecular weight is 321 g/mol. The lowest BCUT2D eigenvalue weighted by Crippen LogP contribution is -2.28. The van der Waals surface area contributed by atoms with Crippen LogP contribution in [-0.4, -0.2) is 39.3 Å². The van der Waals surface area contributed by atoms with E-state index < -0.39 is 16.0 Å². The van der Waals surface area contributed by atoms with Crippen LogP contribution in [0.2, 0.25) is 0 Å². The lowest BCUT2D eigenvalue weighted by molar-refractivity contribution is 0.0702. The quantitative estimate of drug-likeness (QED) is 0.711. The molecule has 1 heterocycles. The number of thiophene rings is 1. The van der Waals surface area contributed by atoms with Crippen molar-refractivity contribution in [2.24, 2.45) is 5.92 Å². The fourth-order valence-corrected chi connectivity index (χ4v) is 3.92. The van der Waals surface area contributed by atoms with Crippen LogP contribution in [0, 0.1) is 12.8 Å². The summed E-state index contributed by atoms with van der Waals surface area (Å²) in [5.74, 6) is -0.733. The number of hydrogen-bond acceptors (Lipinski definition) is 5. The second kappa shape index (κ2) is 7.16. The zero-order chi connectivity index (χ0) is 15.3. The second-order valence-corrected chi connectivity index (χ2v) is 7.69. The Labute approximate surface area is 122 Å². The Morgan fingerprint density at radius 1 is 1.50 bits per heavy atom. The number of carboxylic acid groups (broad SMARTS) is 1. The number of rotatable bonds is 8. The van der Waals surface area contributed by atoms with E-state index in [4.69, 9.17) is 9.84 Å². The van der Waals surface area contributed by atoms with Gasteiger partial charge in [-0.15, -0.1) is 11.3 Å². The average Bonchev–Trinajstić information content (AvgIpc) is 2.71. The lowest BCUT2D eigenvalue weighted by Gasteiger charge is -2.08. The summed E-state index contributed by atoms with van der Waals surface area (Å²) in [5, 5.41) is 8.86. The van der Waals surface area contributed by atoms with Crippen LogP contribution in [0.15, 0.2) is 11.0 Å². The molecule has 0 saturated heterocycles. The number of ether oxygens (including phenoxy) is 1. The van der Waals surface area contributed by atoms with Crippen LogP contribution < -0.4 is 4.72 Å². The Morgan fingerprint density at radius 2 is 2.15 bits per heavy atom. The minimum Gasteiger partial charge on any atom is -0.477 e. The predicted octanol–water partition coefficient (Wildman–Crippen LogP) is 1.71. The van der Waals surface area contributed by atoms with Crippen LogP contribution in [-0.2, 0) is 14.8 Å². The first-order valence-electron chi connectivity index (χ1n) is 6.15. The third-order valence-corrected chi connectivity index (χ3v) is 5.12. The second-order valence-electron chi connectivity index (χ2n) is 4.70. The maximum absolute atomic E-state index is 12.0. The van der Waals surface area contributed by atoms with E-state index in [2.05, 4.69) is 4.72 Å². The summed E-state index contributed by atoms with van der Waals surface area (Å²) in [6, 6.07) is 1.18. The lowest BCUT2D eigenvalue weighted by atomic mass is 10.2. The molecule has 0 spiro atoms. The molecule has 0 amide bonds. The van der Waals surface area contributed by atoms with Crippen LogP contribution in [0.1, 0.15) is 28.4 Å². The zero-order valence-corrected chi connectivity index (χ0v) is 13.3. The number of hydrogen-bond donors (Lipinski definition) is 2. The molecule has 114 valence electrons. The van der Waals surface area contributed by atoms with Gasteiger partial charge in [0.25, 0.3) is 0 Å². The third kappa shape index (κ3) is 4.86. The molecule has 0 aliphatic heterocycles. The minimum atomic E-state index is -3.69. The van der Waals surface area contributed by atoms with Crippen molar-refractivity contribution in [3.05, 3.63) is 15.8 Å². The van der Waals surface area contributed by atoms with Crippen LogP contribution in [0.3, 0.4) is 0 Å². The van der Waals surface area contributed by atoms with Crippen LogP contribution in [0.5, 0.6) is 0 Å². The molecule has 0 radical (unpaired) electrons. The summed E-state index contributed by atoms with van der Waals surface area (Å²) >= 11 is 0.947. The molecule has 20 heavy (non-hydrogen) atoms. The minimum absolute atomic E-state index is 0.0129. The highest BCUT2D eigenvalue weighted by atomic mass is 32.2. The highest BCUT2D eigenvalue weighted by Crippen LogP contribution is 2.25. The van der Waals surface area contributed by atoms with Crippen molar-refractivity contribution < 1.29 is 23.1 Å². The molecule has 0 fully saturated rings. The highest BCUT2D eigenvalue weighted by molar-refractivity contribution is 7.89. The molecule has 1 aromatic rings. The number of carboxylic acids is 1. The van der Waals surface area contributed by atoms with Crippen LogP contribution in [0.4, 0.5) is 0 Å². The molecule has 0 aliphatic rings. The molecule has 2 N–H and O–H groups in total. The standard InChI is InChI=1S/C12H19NO5S2/c1-8(2)7-18-5-4-13-20(16,17)11-6-10(12(14)15)19-9(11)3/h6,8,13H,4-5,7H2,1-3H3,(H,14,15). The van der Waals surface area contributed by atoms with Gasteiger partial charge in [0.15, 0.2) is 0 Å². The van der Waals surface area contributed by atoms with Gasteiger partial charge in [-0.2, -0.15) is 0 Å². The van der Waals surface area contributed by atoms with Crippen molar-refractivity contribution in [1.82, 2.24) is 4.72 Å². The smallest absolute Gasteiger partial charge is 0.345 e. The molecule has 0 bridgehead atoms. The Hall–Kier alpha value is -0.960. The van der Waals surface area contributed by atoms with Crippen molar-refractivity contribution in [3.63, 3.8) is 0 Å². The van der Waals surface area contributed by atoms with Gasteiger partial charge in [0.2, 0.25) is 10.0 Å². The van der Waals surface area contributed by atoms with Crippen molar-refractivity contribution in [2.75, 3.05) is 19.8 Å². The van der Waals surface area contributed by atoms with Crippen LogP contribution in [0.25, 0.3) is 0 Å². The number of carbonyl (C=O) groups is 1. The Morgan fingerprint density at radius 3 is 2.65 bits per heavy atom. The normalized spacial score (nSPS) is 12.0. The number of aromatic carboxylic acids is 1. The molecule has 0 aromatic carbocycles. The van der Waals surface area contributed by atoms with Crippen LogP contribution >= 0.6 is 11.3 Å². The largest absolute Gasteiger partial charge is 0.477 e. The third-order valence-electron chi connectivity index (χ3n) is 2.36. The summed E-state index contributed by atoms with van der Waals surface area (Å²) in [7, 11) is -3.69. The molecular formula is C12H19NO5S2. The Balaban J connectivity index is 2.63. The summed E-state index contributed by atoms with van der Waals surface area (Å²) in [6.07, 6.45) is 0. The summed E-state index contributed by atoms with van der Waals surface area (Å²) in [4.78, 5) is 11.3. The number of nitrogens with one attached hydrogen (secondary N) is 1. The van der Waals surface area contributed by atoms with Gasteiger partial charge in [0, 0.05) is 18.0 Å². The van der Waals surface area contributed by atoms with E-state index in [-0.39, 0.29) is 22.9 Å². The summed E-state index contributed by atoms with van der Waals surface area (Å²) in [6.45, 7) is 6.61. The molecule has 1 rings (SSSR count). The molecule has 0 unspecified atom stereocenters. The number of aryl methyl sites for hydroxylation is 1. The SMILES string of the molecule is Cc1sc(C(=O)O)cc1S(=O)(=O)NCCOCC(C)C. The van der Waals surface area contributed by atoms with Gasteiger partial charge in [0.1, 0.15) is 4.88 Å². The van der Waals surface area contributed by atoms with Gasteiger partial charge < -0.3 is 9.84 Å². The molecule has 0 aliphatic carbocycles.